The van der Waals surface area contributed by atoms with Crippen molar-refractivity contribution < 1.29 is 45.2 Å². The third-order valence-corrected chi connectivity index (χ3v) is 5.81. The molecule has 0 fully saturated rings. The molecule has 7 nitrogen and oxygen atoms in total. The fraction of sp³-hybridized carbons (Fsp3) is 0.250. The summed E-state index contributed by atoms with van der Waals surface area (Å²) in [6, 6.07) is 12.0. The fourth-order valence-corrected chi connectivity index (χ4v) is 4.20. The van der Waals surface area contributed by atoms with E-state index in [-0.39, 0.29) is 11.1 Å². The number of hydrogen-bond donors (Lipinski definition) is 1. The first-order valence-corrected chi connectivity index (χ1v) is 11.8. The predicted molar refractivity (Wildman–Crippen MR) is 121 cm³/mol. The third kappa shape index (κ3) is 6.58. The summed E-state index contributed by atoms with van der Waals surface area (Å²) in [5.41, 5.74) is 2.57. The minimum atomic E-state index is -5.20. The van der Waals surface area contributed by atoms with Gasteiger partial charge in [0.2, 0.25) is 6.10 Å². The Hall–Kier alpha value is -3.44. The van der Waals surface area contributed by atoms with Crippen molar-refractivity contribution in [2.45, 2.75) is 33.1 Å². The number of esters is 2. The van der Waals surface area contributed by atoms with Gasteiger partial charge >= 0.3 is 18.1 Å². The van der Waals surface area contributed by atoms with Crippen LogP contribution in [0.1, 0.15) is 37.4 Å². The Bertz CT molecular complexity index is 1390. The first-order valence-electron chi connectivity index (χ1n) is 10.2. The molecule has 3 aromatic rings. The number of carbonyl (C=O) groups excluding carboxylic acids is 2. The maximum absolute atomic E-state index is 13.0. The first-order chi connectivity index (χ1) is 16.1. The van der Waals surface area contributed by atoms with E-state index < -0.39 is 40.1 Å². The summed E-state index contributed by atoms with van der Waals surface area (Å²) in [5, 5.41) is 0.913. The van der Waals surface area contributed by atoms with Crippen molar-refractivity contribution in [3.63, 3.8) is 0 Å². The van der Waals surface area contributed by atoms with Crippen molar-refractivity contribution >= 4 is 32.8 Å². The van der Waals surface area contributed by atoms with Gasteiger partial charge in [0.05, 0.1) is 11.1 Å². The number of alkyl halides is 3. The Kier molecular flexibility index (Phi) is 7.23. The van der Waals surface area contributed by atoms with Gasteiger partial charge in [-0.1, -0.05) is 29.8 Å². The number of hydrogen-bond acceptors (Lipinski definition) is 6. The van der Waals surface area contributed by atoms with Crippen molar-refractivity contribution in [1.29, 1.82) is 0 Å². The third-order valence-electron chi connectivity index (χ3n) is 5.09. The molecule has 0 radical (unpaired) electrons. The van der Waals surface area contributed by atoms with Gasteiger partial charge < -0.3 is 9.47 Å². The monoisotopic (exact) mass is 510 g/mol. The van der Waals surface area contributed by atoms with Gasteiger partial charge in [0, 0.05) is 0 Å². The summed E-state index contributed by atoms with van der Waals surface area (Å²) < 4.78 is 79.4. The summed E-state index contributed by atoms with van der Waals surface area (Å²) in [5.74, 6) is -3.40. The summed E-state index contributed by atoms with van der Waals surface area (Å²) >= 11 is 0. The highest BCUT2D eigenvalue weighted by atomic mass is 32.2. The van der Waals surface area contributed by atoms with Crippen LogP contribution in [0.4, 0.5) is 13.2 Å². The van der Waals surface area contributed by atoms with E-state index in [1.807, 2.05) is 32.9 Å². The lowest BCUT2D eigenvalue weighted by molar-refractivity contribution is -0.197. The zero-order valence-electron chi connectivity index (χ0n) is 18.8. The van der Waals surface area contributed by atoms with Crippen LogP contribution in [0.2, 0.25) is 0 Å². The molecule has 0 saturated heterocycles. The van der Waals surface area contributed by atoms with Gasteiger partial charge in [0.1, 0.15) is 11.5 Å². The van der Waals surface area contributed by atoms with Crippen LogP contribution < -0.4 is 4.74 Å². The molecule has 0 aromatic heterocycles. The van der Waals surface area contributed by atoms with E-state index in [0.717, 1.165) is 16.7 Å². The van der Waals surface area contributed by atoms with Crippen LogP contribution in [0.15, 0.2) is 48.5 Å². The highest BCUT2D eigenvalue weighted by Crippen LogP contribution is 2.28. The van der Waals surface area contributed by atoms with Crippen molar-refractivity contribution in [2.24, 2.45) is 0 Å². The van der Waals surface area contributed by atoms with Crippen molar-refractivity contribution in [3.05, 3.63) is 76.3 Å². The minimum Gasteiger partial charge on any atom is -0.448 e. The topological polar surface area (TPSA) is 107 Å². The molecule has 0 bridgehead atoms. The Balaban J connectivity index is 1.82. The average Bonchev–Trinajstić information content (AvgIpc) is 2.73. The zero-order chi connectivity index (χ0) is 26.1. The number of fused-ring (bicyclic) bond motifs is 1. The van der Waals surface area contributed by atoms with E-state index in [2.05, 4.69) is 4.74 Å². The second-order valence-electron chi connectivity index (χ2n) is 8.08. The summed E-state index contributed by atoms with van der Waals surface area (Å²) in [7, 11) is -5.05. The molecule has 1 atom stereocenters. The number of ether oxygens (including phenoxy) is 2. The van der Waals surface area contributed by atoms with Gasteiger partial charge in [-0.2, -0.15) is 21.6 Å². The smallest absolute Gasteiger partial charge is 0.426 e. The quantitative estimate of drug-likeness (QED) is 0.284. The van der Waals surface area contributed by atoms with Gasteiger partial charge in [0.15, 0.2) is 0 Å². The molecule has 0 aliphatic carbocycles. The van der Waals surface area contributed by atoms with Crippen LogP contribution >= 0.6 is 0 Å². The molecule has 35 heavy (non-hydrogen) atoms. The lowest BCUT2D eigenvalue weighted by Gasteiger charge is -2.19. The second kappa shape index (κ2) is 9.67. The van der Waals surface area contributed by atoms with Crippen molar-refractivity contribution in [2.75, 3.05) is 5.75 Å². The zero-order valence-corrected chi connectivity index (χ0v) is 19.7. The normalized spacial score (nSPS) is 12.9. The van der Waals surface area contributed by atoms with Crippen LogP contribution in [-0.2, 0) is 14.9 Å². The maximum atomic E-state index is 13.0. The molecule has 186 valence electrons. The van der Waals surface area contributed by atoms with Gasteiger partial charge in [-0.25, -0.2) is 9.59 Å². The lowest BCUT2D eigenvalue weighted by atomic mass is 10.0. The largest absolute Gasteiger partial charge is 0.448 e. The average molecular weight is 510 g/mol. The minimum absolute atomic E-state index is 0.220. The SMILES string of the molecule is Cc1cc(C)c(OC(=O)c2ccc3cc(C(=O)OC(CS(=O)(=O)O)C(F)(F)F)ccc3c2)c(C)c1. The van der Waals surface area contributed by atoms with Crippen LogP contribution in [0.3, 0.4) is 0 Å². The standard InChI is InChI=1S/C24H21F3O7S/c1-13-8-14(2)21(15(3)9-13)34-23(29)19-7-5-16-10-18(6-4-17(16)11-19)22(28)33-20(24(25,26)27)12-35(30,31)32/h4-11,20H,12H2,1-3H3,(H,30,31,32). The number of benzene rings is 3. The number of rotatable bonds is 6. The molecule has 0 aliphatic heterocycles. The van der Waals surface area contributed by atoms with E-state index in [9.17, 15) is 31.2 Å². The van der Waals surface area contributed by atoms with Crippen LogP contribution in [0, 0.1) is 20.8 Å². The number of halogens is 3. The molecule has 0 saturated carbocycles. The van der Waals surface area contributed by atoms with Crippen molar-refractivity contribution in [3.8, 4) is 5.75 Å². The summed E-state index contributed by atoms with van der Waals surface area (Å²) in [4.78, 5) is 24.9. The van der Waals surface area contributed by atoms with Crippen molar-refractivity contribution in [1.82, 2.24) is 0 Å². The molecule has 1 unspecified atom stereocenters. The highest BCUT2D eigenvalue weighted by molar-refractivity contribution is 7.85. The molecule has 3 aromatic carbocycles. The molecule has 0 amide bonds. The molecular weight excluding hydrogens is 489 g/mol. The summed E-state index contributed by atoms with van der Waals surface area (Å²) in [6.07, 6.45) is -8.24. The highest BCUT2D eigenvalue weighted by Gasteiger charge is 2.45. The lowest BCUT2D eigenvalue weighted by Crippen LogP contribution is -2.39. The van der Waals surface area contributed by atoms with Gasteiger partial charge in [-0.05, 0) is 66.9 Å². The second-order valence-corrected chi connectivity index (χ2v) is 9.58. The van der Waals surface area contributed by atoms with Crippen LogP contribution in [0.5, 0.6) is 5.75 Å². The Morgan fingerprint density at radius 1 is 0.886 bits per heavy atom. The molecule has 0 aliphatic rings. The molecule has 3 rings (SSSR count). The predicted octanol–water partition coefficient (Wildman–Crippen LogP) is 4.96. The summed E-state index contributed by atoms with van der Waals surface area (Å²) in [6.45, 7) is 5.57. The Labute approximate surface area is 199 Å². The van der Waals surface area contributed by atoms with E-state index in [1.165, 1.54) is 36.4 Å². The molecule has 0 heterocycles. The van der Waals surface area contributed by atoms with Gasteiger partial charge in [0.25, 0.3) is 10.1 Å². The molecule has 0 spiro atoms. The van der Waals surface area contributed by atoms with Gasteiger partial charge in [-0.15, -0.1) is 0 Å². The Morgan fingerprint density at radius 3 is 1.83 bits per heavy atom. The van der Waals surface area contributed by atoms with E-state index >= 15 is 0 Å². The Morgan fingerprint density at radius 2 is 1.37 bits per heavy atom. The maximum Gasteiger partial charge on any atom is 0.426 e. The van der Waals surface area contributed by atoms with E-state index in [4.69, 9.17) is 9.29 Å². The molecular formula is C24H21F3O7S. The van der Waals surface area contributed by atoms with Gasteiger partial charge in [-0.3, -0.25) is 4.55 Å². The van der Waals surface area contributed by atoms with Crippen LogP contribution in [0.25, 0.3) is 10.8 Å². The van der Waals surface area contributed by atoms with E-state index in [0.29, 0.717) is 16.5 Å². The number of aryl methyl sites for hydroxylation is 3. The number of carbonyl (C=O) groups is 2. The van der Waals surface area contributed by atoms with Crippen LogP contribution in [-0.4, -0.2) is 42.9 Å². The molecule has 11 heteroatoms. The first kappa shape index (κ1) is 26.2. The fourth-order valence-electron chi connectivity index (χ4n) is 3.56. The molecule has 1 N–H and O–H groups in total. The van der Waals surface area contributed by atoms with E-state index in [1.54, 1.807) is 0 Å².